The molecule has 1 amide bonds. The number of carbonyl (C=O) groups is 2. The number of ether oxygens (including phenoxy) is 3. The lowest BCUT2D eigenvalue weighted by Crippen LogP contribution is -2.17. The Morgan fingerprint density at radius 1 is 1.42 bits per heavy atom. The molecule has 9 heteroatoms. The van der Waals surface area contributed by atoms with Crippen LogP contribution >= 0.6 is 35.6 Å². The van der Waals surface area contributed by atoms with E-state index in [0.717, 1.165) is 0 Å². The summed E-state index contributed by atoms with van der Waals surface area (Å²) in [5.41, 5.74) is 0.649. The first-order valence-electron chi connectivity index (χ1n) is 6.85. The maximum atomic E-state index is 11.7. The number of methoxy groups -OCH3 is 1. The number of amides is 1. The highest BCUT2D eigenvalue weighted by atomic mass is 35.5. The normalized spacial score (nSPS) is 15.4. The zero-order valence-corrected chi connectivity index (χ0v) is 15.3. The Morgan fingerprint density at radius 3 is 2.75 bits per heavy atom. The minimum atomic E-state index is -0.535. The van der Waals surface area contributed by atoms with Crippen LogP contribution in [0, 0.1) is 0 Å². The molecule has 6 nitrogen and oxygen atoms in total. The van der Waals surface area contributed by atoms with E-state index in [1.54, 1.807) is 18.2 Å². The molecular formula is C15H14ClNO5S2. The van der Waals surface area contributed by atoms with Gasteiger partial charge in [0.1, 0.15) is 4.32 Å². The van der Waals surface area contributed by atoms with Crippen LogP contribution in [0.3, 0.4) is 0 Å². The fraction of sp³-hybridized carbons (Fsp3) is 0.267. The molecule has 1 saturated heterocycles. The predicted molar refractivity (Wildman–Crippen MR) is 96.4 cm³/mol. The first kappa shape index (κ1) is 18.6. The van der Waals surface area contributed by atoms with Crippen LogP contribution in [0.25, 0.3) is 6.08 Å². The first-order chi connectivity index (χ1) is 11.4. The molecule has 0 bridgehead atoms. The van der Waals surface area contributed by atoms with E-state index in [0.29, 0.717) is 27.1 Å². The second kappa shape index (κ2) is 8.36. The van der Waals surface area contributed by atoms with Crippen molar-refractivity contribution in [2.24, 2.45) is 0 Å². The number of carbonyl (C=O) groups excluding carboxylic acids is 2. The van der Waals surface area contributed by atoms with Gasteiger partial charge in [0.05, 0.1) is 23.6 Å². The molecule has 0 saturated carbocycles. The fourth-order valence-corrected chi connectivity index (χ4v) is 3.15. The van der Waals surface area contributed by atoms with E-state index in [4.69, 9.17) is 33.3 Å². The van der Waals surface area contributed by atoms with Crippen LogP contribution in [0.2, 0.25) is 5.02 Å². The number of thiocarbonyl (C=S) groups is 1. The van der Waals surface area contributed by atoms with Gasteiger partial charge in [-0.3, -0.25) is 4.79 Å². The van der Waals surface area contributed by atoms with Gasteiger partial charge >= 0.3 is 5.97 Å². The highest BCUT2D eigenvalue weighted by molar-refractivity contribution is 8.26. The number of hydrogen-bond acceptors (Lipinski definition) is 7. The van der Waals surface area contributed by atoms with Crippen molar-refractivity contribution in [2.45, 2.75) is 6.92 Å². The van der Waals surface area contributed by atoms with Crippen molar-refractivity contribution in [3.05, 3.63) is 27.6 Å². The van der Waals surface area contributed by atoms with Gasteiger partial charge in [-0.15, -0.1) is 0 Å². The van der Waals surface area contributed by atoms with Crippen LogP contribution < -0.4 is 14.8 Å². The van der Waals surface area contributed by atoms with Crippen LogP contribution in [-0.2, 0) is 14.3 Å². The molecule has 0 spiro atoms. The summed E-state index contributed by atoms with van der Waals surface area (Å²) in [6, 6.07) is 3.28. The van der Waals surface area contributed by atoms with Crippen molar-refractivity contribution >= 4 is 57.9 Å². The number of thioether (sulfide) groups is 1. The van der Waals surface area contributed by atoms with Crippen LogP contribution in [0.5, 0.6) is 11.5 Å². The summed E-state index contributed by atoms with van der Waals surface area (Å²) >= 11 is 12.3. The molecule has 24 heavy (non-hydrogen) atoms. The van der Waals surface area contributed by atoms with Crippen molar-refractivity contribution in [3.63, 3.8) is 0 Å². The molecule has 2 rings (SSSR count). The number of benzene rings is 1. The summed E-state index contributed by atoms with van der Waals surface area (Å²) in [7, 11) is 1.26. The van der Waals surface area contributed by atoms with Crippen molar-refractivity contribution < 1.29 is 23.8 Å². The van der Waals surface area contributed by atoms with E-state index in [-0.39, 0.29) is 23.3 Å². The molecule has 0 aromatic heterocycles. The van der Waals surface area contributed by atoms with E-state index >= 15 is 0 Å². The number of rotatable bonds is 6. The van der Waals surface area contributed by atoms with Gasteiger partial charge in [0.2, 0.25) is 0 Å². The van der Waals surface area contributed by atoms with E-state index < -0.39 is 5.97 Å². The van der Waals surface area contributed by atoms with Crippen molar-refractivity contribution in [1.82, 2.24) is 5.32 Å². The fourth-order valence-electron chi connectivity index (χ4n) is 1.84. The lowest BCUT2D eigenvalue weighted by atomic mass is 10.2. The molecule has 0 aliphatic carbocycles. The highest BCUT2D eigenvalue weighted by Crippen LogP contribution is 2.38. The molecule has 1 N–H and O–H groups in total. The summed E-state index contributed by atoms with van der Waals surface area (Å²) in [6.07, 6.45) is 1.65. The van der Waals surface area contributed by atoms with Gasteiger partial charge in [-0.2, -0.15) is 0 Å². The molecule has 1 aliphatic heterocycles. The Hall–Kier alpha value is -1.77. The van der Waals surface area contributed by atoms with Gasteiger partial charge in [0.15, 0.2) is 18.1 Å². The van der Waals surface area contributed by atoms with Gasteiger partial charge in [0, 0.05) is 0 Å². The Balaban J connectivity index is 2.32. The van der Waals surface area contributed by atoms with E-state index in [9.17, 15) is 9.59 Å². The zero-order valence-electron chi connectivity index (χ0n) is 12.9. The van der Waals surface area contributed by atoms with Crippen molar-refractivity contribution in [2.75, 3.05) is 20.3 Å². The molecule has 1 aromatic carbocycles. The summed E-state index contributed by atoms with van der Waals surface area (Å²) in [4.78, 5) is 23.4. The van der Waals surface area contributed by atoms with E-state index in [2.05, 4.69) is 10.1 Å². The molecule has 0 atom stereocenters. The summed E-state index contributed by atoms with van der Waals surface area (Å²) < 4.78 is 15.8. The lowest BCUT2D eigenvalue weighted by Gasteiger charge is -2.14. The van der Waals surface area contributed by atoms with Gasteiger partial charge < -0.3 is 19.5 Å². The summed E-state index contributed by atoms with van der Waals surface area (Å²) in [6.45, 7) is 1.90. The Labute approximate surface area is 153 Å². The molecular weight excluding hydrogens is 374 g/mol. The Bertz CT molecular complexity index is 720. The van der Waals surface area contributed by atoms with E-state index in [1.165, 1.54) is 18.9 Å². The van der Waals surface area contributed by atoms with Crippen LogP contribution in [0.1, 0.15) is 12.5 Å². The number of hydrogen-bond donors (Lipinski definition) is 1. The van der Waals surface area contributed by atoms with E-state index in [1.807, 2.05) is 6.92 Å². The number of halogens is 1. The molecule has 0 radical (unpaired) electrons. The predicted octanol–water partition coefficient (Wildman–Crippen LogP) is 2.78. The van der Waals surface area contributed by atoms with Gasteiger partial charge in [-0.25, -0.2) is 4.79 Å². The van der Waals surface area contributed by atoms with Crippen molar-refractivity contribution in [1.29, 1.82) is 0 Å². The monoisotopic (exact) mass is 387 g/mol. The van der Waals surface area contributed by atoms with Crippen LogP contribution in [0.15, 0.2) is 17.0 Å². The highest BCUT2D eigenvalue weighted by Gasteiger charge is 2.22. The molecule has 0 unspecified atom stereocenters. The largest absolute Gasteiger partial charge is 0.490 e. The van der Waals surface area contributed by atoms with Crippen LogP contribution in [-0.4, -0.2) is 36.5 Å². The lowest BCUT2D eigenvalue weighted by molar-refractivity contribution is -0.142. The third-order valence-corrected chi connectivity index (χ3v) is 4.28. The maximum Gasteiger partial charge on any atom is 0.343 e. The average Bonchev–Trinajstić information content (AvgIpc) is 2.84. The van der Waals surface area contributed by atoms with Crippen molar-refractivity contribution in [3.8, 4) is 11.5 Å². The topological polar surface area (TPSA) is 73.9 Å². The quantitative estimate of drug-likeness (QED) is 0.457. The van der Waals surface area contributed by atoms with Gasteiger partial charge in [-0.1, -0.05) is 35.6 Å². The number of esters is 1. The SMILES string of the molecule is CCOc1cc(/C=C2/SC(=S)NC2=O)cc(Cl)c1OCC(=O)OC. The molecule has 1 aliphatic rings. The minimum absolute atomic E-state index is 0.241. The molecule has 1 heterocycles. The molecule has 1 fully saturated rings. The molecule has 1 aromatic rings. The second-order valence-electron chi connectivity index (χ2n) is 4.48. The minimum Gasteiger partial charge on any atom is -0.490 e. The standard InChI is InChI=1S/C15H14ClNO5S2/c1-3-21-10-5-8(6-11-14(19)17-15(23)24-11)4-9(16)13(10)22-7-12(18)20-2/h4-6H,3,7H2,1-2H3,(H,17,19,23)/b11-6+. The summed E-state index contributed by atoms with van der Waals surface area (Å²) in [5, 5.41) is 2.79. The number of nitrogens with one attached hydrogen (secondary N) is 1. The smallest absolute Gasteiger partial charge is 0.343 e. The first-order valence-corrected chi connectivity index (χ1v) is 8.45. The van der Waals surface area contributed by atoms with Gasteiger partial charge in [0.25, 0.3) is 5.91 Å². The van der Waals surface area contributed by atoms with Crippen LogP contribution in [0.4, 0.5) is 0 Å². The third kappa shape index (κ3) is 4.62. The maximum absolute atomic E-state index is 11.7. The average molecular weight is 388 g/mol. The third-order valence-electron chi connectivity index (χ3n) is 2.83. The Kier molecular flexibility index (Phi) is 6.47. The Morgan fingerprint density at radius 2 is 2.17 bits per heavy atom. The molecule has 128 valence electrons. The summed E-state index contributed by atoms with van der Waals surface area (Å²) in [5.74, 6) is -0.186. The second-order valence-corrected chi connectivity index (χ2v) is 6.61. The zero-order chi connectivity index (χ0) is 17.7. The van der Waals surface area contributed by atoms with Gasteiger partial charge in [-0.05, 0) is 30.7 Å².